The number of amides is 1. The summed E-state index contributed by atoms with van der Waals surface area (Å²) in [7, 11) is 3.28. The molecule has 5 rings (SSSR count). The van der Waals surface area contributed by atoms with Crippen LogP contribution in [-0.2, 0) is 24.2 Å². The maximum atomic E-state index is 13.3. The van der Waals surface area contributed by atoms with Crippen LogP contribution in [0.15, 0.2) is 72.8 Å². The summed E-state index contributed by atoms with van der Waals surface area (Å²) in [6, 6.07) is 25.2. The zero-order chi connectivity index (χ0) is 29.2. The average molecular weight is 571 g/mol. The topological polar surface area (TPSA) is 51.2 Å². The Balaban J connectivity index is 1.24. The summed E-state index contributed by atoms with van der Waals surface area (Å²) in [4.78, 5) is 18.0. The Morgan fingerprint density at radius 2 is 1.60 bits per heavy atom. The van der Waals surface area contributed by atoms with Crippen LogP contribution in [0.4, 0.5) is 0 Å². The lowest BCUT2D eigenvalue weighted by Gasteiger charge is -2.45. The van der Waals surface area contributed by atoms with Gasteiger partial charge in [0.2, 0.25) is 5.91 Å². The number of ether oxygens (including phenoxy) is 3. The van der Waals surface area contributed by atoms with Crippen molar-refractivity contribution in [2.45, 2.75) is 57.9 Å². The molecule has 1 fully saturated rings. The van der Waals surface area contributed by atoms with Crippen LogP contribution in [0.3, 0.4) is 0 Å². The molecule has 1 amide bonds. The van der Waals surface area contributed by atoms with Crippen molar-refractivity contribution >= 4 is 5.91 Å². The van der Waals surface area contributed by atoms with Gasteiger partial charge in [-0.15, -0.1) is 0 Å². The fourth-order valence-corrected chi connectivity index (χ4v) is 6.64. The summed E-state index contributed by atoms with van der Waals surface area (Å²) in [5, 5.41) is 0. The van der Waals surface area contributed by atoms with Gasteiger partial charge < -0.3 is 19.1 Å². The number of methoxy groups -OCH3 is 2. The summed E-state index contributed by atoms with van der Waals surface area (Å²) in [5.74, 6) is 2.70. The molecule has 0 N–H and O–H groups in total. The molecule has 2 aliphatic heterocycles. The summed E-state index contributed by atoms with van der Waals surface area (Å²) in [6.45, 7) is 5.20. The maximum Gasteiger partial charge on any atom is 0.222 e. The van der Waals surface area contributed by atoms with Crippen molar-refractivity contribution in [1.29, 1.82) is 0 Å². The molecule has 0 unspecified atom stereocenters. The Morgan fingerprint density at radius 3 is 2.38 bits per heavy atom. The van der Waals surface area contributed by atoms with E-state index in [-0.39, 0.29) is 11.3 Å². The molecule has 0 saturated carbocycles. The monoisotopic (exact) mass is 570 g/mol. The Hall–Kier alpha value is -3.51. The van der Waals surface area contributed by atoms with Crippen molar-refractivity contribution in [1.82, 2.24) is 9.80 Å². The average Bonchev–Trinajstić information content (AvgIpc) is 3.02. The number of hydrogen-bond donors (Lipinski definition) is 0. The molecule has 6 nitrogen and oxygen atoms in total. The number of hydrogen-bond acceptors (Lipinski definition) is 5. The third-order valence-corrected chi connectivity index (χ3v) is 9.10. The highest BCUT2D eigenvalue weighted by Crippen LogP contribution is 2.39. The van der Waals surface area contributed by atoms with E-state index in [1.165, 1.54) is 24.0 Å². The second-order valence-electron chi connectivity index (χ2n) is 11.9. The lowest BCUT2D eigenvalue weighted by Crippen LogP contribution is -2.48. The van der Waals surface area contributed by atoms with Crippen molar-refractivity contribution in [2.24, 2.45) is 5.41 Å². The Bertz CT molecular complexity index is 1290. The number of nitrogens with zero attached hydrogens (tertiary/aromatic N) is 2. The summed E-state index contributed by atoms with van der Waals surface area (Å²) < 4.78 is 17.1. The fraction of sp³-hybridized carbons (Fsp3) is 0.472. The number of fused-ring (bicyclic) bond motifs is 1. The van der Waals surface area contributed by atoms with Gasteiger partial charge in [-0.25, -0.2) is 0 Å². The van der Waals surface area contributed by atoms with Gasteiger partial charge in [0.15, 0.2) is 11.5 Å². The first-order valence-electron chi connectivity index (χ1n) is 15.5. The molecule has 0 aromatic heterocycles. The van der Waals surface area contributed by atoms with Crippen LogP contribution in [0.5, 0.6) is 17.2 Å². The standard InChI is InChI=1S/C36H46N2O4/c1-40-33-17-15-29(26-34(33)41-2)16-18-35(39)38-22-20-36(21-23-38)19-9-8-13-31-12-6-7-14-32(31)42-25-24-37(28-36)27-30-10-4-3-5-11-30/h3-7,10-12,14-15,17,26H,8-9,13,16,18-25,27-28H2,1-2H3. The van der Waals surface area contributed by atoms with Gasteiger partial charge in [-0.3, -0.25) is 9.69 Å². The van der Waals surface area contributed by atoms with Crippen LogP contribution in [0.25, 0.3) is 0 Å². The van der Waals surface area contributed by atoms with Crippen LogP contribution in [0.1, 0.15) is 55.2 Å². The first kappa shape index (κ1) is 30.0. The molecule has 6 heteroatoms. The zero-order valence-electron chi connectivity index (χ0n) is 25.4. The number of rotatable bonds is 7. The first-order valence-corrected chi connectivity index (χ1v) is 15.5. The van der Waals surface area contributed by atoms with Gasteiger partial charge in [0.25, 0.3) is 0 Å². The number of carbonyl (C=O) groups is 1. The van der Waals surface area contributed by atoms with Crippen molar-refractivity contribution in [3.63, 3.8) is 0 Å². The van der Waals surface area contributed by atoms with Gasteiger partial charge in [-0.2, -0.15) is 0 Å². The first-order chi connectivity index (χ1) is 20.6. The van der Waals surface area contributed by atoms with E-state index >= 15 is 0 Å². The highest BCUT2D eigenvalue weighted by Gasteiger charge is 2.37. The van der Waals surface area contributed by atoms with E-state index in [0.717, 1.165) is 69.7 Å². The van der Waals surface area contributed by atoms with E-state index in [2.05, 4.69) is 64.4 Å². The number of piperidine rings is 1. The van der Waals surface area contributed by atoms with Crippen molar-refractivity contribution in [3.05, 3.63) is 89.5 Å². The van der Waals surface area contributed by atoms with Crippen molar-refractivity contribution < 1.29 is 19.0 Å². The van der Waals surface area contributed by atoms with E-state index in [4.69, 9.17) is 14.2 Å². The molecular formula is C36H46N2O4. The predicted octanol–water partition coefficient (Wildman–Crippen LogP) is 6.55. The second-order valence-corrected chi connectivity index (χ2v) is 11.9. The lowest BCUT2D eigenvalue weighted by atomic mass is 9.73. The van der Waals surface area contributed by atoms with Crippen LogP contribution < -0.4 is 14.2 Å². The Labute approximate surface area is 251 Å². The second kappa shape index (κ2) is 14.6. The molecule has 3 aromatic carbocycles. The van der Waals surface area contributed by atoms with Gasteiger partial charge in [-0.1, -0.05) is 61.0 Å². The Kier molecular flexibility index (Phi) is 10.4. The molecule has 0 bridgehead atoms. The number of aryl methyl sites for hydroxylation is 2. The Morgan fingerprint density at radius 1 is 0.833 bits per heavy atom. The minimum atomic E-state index is 0.216. The van der Waals surface area contributed by atoms with E-state index in [9.17, 15) is 4.79 Å². The van der Waals surface area contributed by atoms with Gasteiger partial charge in [0.1, 0.15) is 12.4 Å². The van der Waals surface area contributed by atoms with Crippen molar-refractivity contribution in [3.8, 4) is 17.2 Å². The highest BCUT2D eigenvalue weighted by atomic mass is 16.5. The number of likely N-dealkylation sites (tertiary alicyclic amines) is 1. The molecule has 0 atom stereocenters. The SMILES string of the molecule is COc1ccc(CCC(=O)N2CCC3(CCCCc4ccccc4OCCN(Cc4ccccc4)C3)CC2)cc1OC. The molecule has 2 heterocycles. The summed E-state index contributed by atoms with van der Waals surface area (Å²) >= 11 is 0. The molecule has 2 aliphatic rings. The normalized spacial score (nSPS) is 17.8. The van der Waals surface area contributed by atoms with E-state index in [0.29, 0.717) is 30.9 Å². The number of benzene rings is 3. The molecule has 224 valence electrons. The van der Waals surface area contributed by atoms with E-state index < -0.39 is 0 Å². The number of para-hydroxylation sites is 1. The van der Waals surface area contributed by atoms with Gasteiger partial charge in [-0.05, 0) is 78.8 Å². The third kappa shape index (κ3) is 7.86. The zero-order valence-corrected chi connectivity index (χ0v) is 25.4. The van der Waals surface area contributed by atoms with E-state index in [1.54, 1.807) is 14.2 Å². The molecule has 0 aliphatic carbocycles. The fourth-order valence-electron chi connectivity index (χ4n) is 6.64. The van der Waals surface area contributed by atoms with Gasteiger partial charge in [0, 0.05) is 39.1 Å². The largest absolute Gasteiger partial charge is 0.493 e. The molecule has 42 heavy (non-hydrogen) atoms. The van der Waals surface area contributed by atoms with E-state index in [1.807, 2.05) is 18.2 Å². The smallest absolute Gasteiger partial charge is 0.222 e. The highest BCUT2D eigenvalue weighted by molar-refractivity contribution is 5.76. The van der Waals surface area contributed by atoms with Gasteiger partial charge in [0.05, 0.1) is 14.2 Å². The van der Waals surface area contributed by atoms with Crippen LogP contribution in [-0.4, -0.2) is 62.7 Å². The predicted molar refractivity (Wildman–Crippen MR) is 167 cm³/mol. The summed E-state index contributed by atoms with van der Waals surface area (Å²) in [6.07, 6.45) is 7.94. The minimum Gasteiger partial charge on any atom is -0.493 e. The molecule has 1 spiro atoms. The van der Waals surface area contributed by atoms with Crippen LogP contribution in [0, 0.1) is 5.41 Å². The number of carbonyl (C=O) groups excluding carboxylic acids is 1. The minimum absolute atomic E-state index is 0.216. The van der Waals surface area contributed by atoms with Gasteiger partial charge >= 0.3 is 0 Å². The third-order valence-electron chi connectivity index (χ3n) is 9.10. The molecule has 3 aromatic rings. The molecule has 0 radical (unpaired) electrons. The van der Waals surface area contributed by atoms with Crippen molar-refractivity contribution in [2.75, 3.05) is 47.0 Å². The van der Waals surface area contributed by atoms with Crippen LogP contribution in [0.2, 0.25) is 0 Å². The summed E-state index contributed by atoms with van der Waals surface area (Å²) in [5.41, 5.74) is 3.96. The van der Waals surface area contributed by atoms with Crippen LogP contribution >= 0.6 is 0 Å². The quantitative estimate of drug-likeness (QED) is 0.322. The molecular weight excluding hydrogens is 524 g/mol. The maximum absolute atomic E-state index is 13.3. The molecule has 1 saturated heterocycles. The lowest BCUT2D eigenvalue weighted by molar-refractivity contribution is -0.133.